The fourth-order valence-corrected chi connectivity index (χ4v) is 1.71. The molecule has 1 unspecified atom stereocenters. The quantitative estimate of drug-likeness (QED) is 0.865. The normalized spacial score (nSPS) is 12.4. The lowest BCUT2D eigenvalue weighted by Crippen LogP contribution is -2.05. The minimum absolute atomic E-state index is 0.0110. The van der Waals surface area contributed by atoms with Gasteiger partial charge in [-0.2, -0.15) is 4.98 Å². The van der Waals surface area contributed by atoms with E-state index in [0.29, 0.717) is 5.89 Å². The Balaban J connectivity index is 1.95. The van der Waals surface area contributed by atoms with Crippen molar-refractivity contribution in [3.63, 3.8) is 0 Å². The molecule has 0 amide bonds. The van der Waals surface area contributed by atoms with Gasteiger partial charge in [-0.15, -0.1) is 0 Å². The Hall–Kier alpha value is -1.88. The molecule has 19 heavy (non-hydrogen) atoms. The van der Waals surface area contributed by atoms with Gasteiger partial charge in [-0.1, -0.05) is 24.2 Å². The first-order chi connectivity index (χ1) is 9.19. The van der Waals surface area contributed by atoms with Crippen molar-refractivity contribution in [3.05, 3.63) is 41.5 Å². The van der Waals surface area contributed by atoms with E-state index in [1.165, 1.54) is 0 Å². The standard InChI is InChI=1S/C14H19N3O2/c1-3-5-13-16-14(19-17-13)9-18-12-7-4-6-11(8-12)10(2)15/h4,6-8,10H,3,5,9,15H2,1-2H3. The van der Waals surface area contributed by atoms with Gasteiger partial charge in [-0.25, -0.2) is 0 Å². The molecule has 1 aromatic carbocycles. The molecule has 1 aromatic heterocycles. The highest BCUT2D eigenvalue weighted by molar-refractivity contribution is 5.30. The van der Waals surface area contributed by atoms with Gasteiger partial charge in [0.2, 0.25) is 0 Å². The van der Waals surface area contributed by atoms with Gasteiger partial charge in [0.15, 0.2) is 12.4 Å². The molecule has 0 radical (unpaired) electrons. The van der Waals surface area contributed by atoms with Crippen LogP contribution in [-0.2, 0) is 13.0 Å². The number of nitrogens with zero attached hydrogens (tertiary/aromatic N) is 2. The van der Waals surface area contributed by atoms with Crippen LogP contribution in [0.3, 0.4) is 0 Å². The van der Waals surface area contributed by atoms with Crippen molar-refractivity contribution in [1.29, 1.82) is 0 Å². The Labute approximate surface area is 112 Å². The number of aryl methyl sites for hydroxylation is 1. The second-order valence-corrected chi connectivity index (χ2v) is 4.50. The average molecular weight is 261 g/mol. The minimum atomic E-state index is -0.0110. The number of nitrogens with two attached hydrogens (primary N) is 1. The topological polar surface area (TPSA) is 74.2 Å². The molecule has 0 fully saturated rings. The van der Waals surface area contributed by atoms with Crippen LogP contribution in [0.15, 0.2) is 28.8 Å². The smallest absolute Gasteiger partial charge is 0.264 e. The van der Waals surface area contributed by atoms with Gasteiger partial charge < -0.3 is 15.0 Å². The first kappa shape index (κ1) is 13.5. The van der Waals surface area contributed by atoms with Crippen molar-refractivity contribution in [2.45, 2.75) is 39.3 Å². The van der Waals surface area contributed by atoms with Crippen molar-refractivity contribution in [2.24, 2.45) is 5.73 Å². The van der Waals surface area contributed by atoms with E-state index >= 15 is 0 Å². The Morgan fingerprint density at radius 3 is 3.00 bits per heavy atom. The maximum absolute atomic E-state index is 5.83. The molecule has 5 nitrogen and oxygen atoms in total. The van der Waals surface area contributed by atoms with Gasteiger partial charge in [0.25, 0.3) is 5.89 Å². The molecule has 0 aliphatic carbocycles. The van der Waals surface area contributed by atoms with E-state index in [1.54, 1.807) is 0 Å². The number of hydrogen-bond donors (Lipinski definition) is 1. The molecular weight excluding hydrogens is 242 g/mol. The maximum atomic E-state index is 5.83. The summed E-state index contributed by atoms with van der Waals surface area (Å²) in [6.45, 7) is 4.29. The van der Waals surface area contributed by atoms with E-state index in [9.17, 15) is 0 Å². The molecule has 0 bridgehead atoms. The van der Waals surface area contributed by atoms with E-state index in [-0.39, 0.29) is 12.6 Å². The molecule has 1 heterocycles. The number of hydrogen-bond acceptors (Lipinski definition) is 5. The Bertz CT molecular complexity index is 523. The third-order valence-corrected chi connectivity index (χ3v) is 2.73. The lowest BCUT2D eigenvalue weighted by atomic mass is 10.1. The number of benzene rings is 1. The summed E-state index contributed by atoms with van der Waals surface area (Å²) in [7, 11) is 0. The zero-order valence-electron chi connectivity index (χ0n) is 11.3. The highest BCUT2D eigenvalue weighted by Gasteiger charge is 2.07. The zero-order chi connectivity index (χ0) is 13.7. The molecule has 0 aliphatic heterocycles. The molecule has 5 heteroatoms. The van der Waals surface area contributed by atoms with Crippen molar-refractivity contribution in [2.75, 3.05) is 0 Å². The summed E-state index contributed by atoms with van der Waals surface area (Å²) >= 11 is 0. The van der Waals surface area contributed by atoms with Crippen molar-refractivity contribution in [3.8, 4) is 5.75 Å². The summed E-state index contributed by atoms with van der Waals surface area (Å²) in [5.74, 6) is 1.98. The summed E-state index contributed by atoms with van der Waals surface area (Å²) in [4.78, 5) is 4.25. The van der Waals surface area contributed by atoms with E-state index in [4.69, 9.17) is 15.0 Å². The Morgan fingerprint density at radius 2 is 2.26 bits per heavy atom. The Kier molecular flexibility index (Phi) is 4.52. The third-order valence-electron chi connectivity index (χ3n) is 2.73. The van der Waals surface area contributed by atoms with Gasteiger partial charge in [0.1, 0.15) is 5.75 Å². The molecule has 1 atom stereocenters. The van der Waals surface area contributed by atoms with Crippen LogP contribution < -0.4 is 10.5 Å². The van der Waals surface area contributed by atoms with Crippen molar-refractivity contribution >= 4 is 0 Å². The second kappa shape index (κ2) is 6.33. The minimum Gasteiger partial charge on any atom is -0.484 e. The zero-order valence-corrected chi connectivity index (χ0v) is 11.3. The van der Waals surface area contributed by atoms with Crippen LogP contribution in [0, 0.1) is 0 Å². The average Bonchev–Trinajstić information content (AvgIpc) is 2.85. The summed E-state index contributed by atoms with van der Waals surface area (Å²) in [5, 5.41) is 3.88. The van der Waals surface area contributed by atoms with Crippen LogP contribution in [0.4, 0.5) is 0 Å². The third kappa shape index (κ3) is 3.79. The summed E-state index contributed by atoms with van der Waals surface area (Å²) < 4.78 is 10.7. The lowest BCUT2D eigenvalue weighted by Gasteiger charge is -2.08. The highest BCUT2D eigenvalue weighted by atomic mass is 16.5. The van der Waals surface area contributed by atoms with Crippen LogP contribution in [0.2, 0.25) is 0 Å². The SMILES string of the molecule is CCCc1noc(COc2cccc(C(C)N)c2)n1. The number of ether oxygens (including phenoxy) is 1. The fourth-order valence-electron chi connectivity index (χ4n) is 1.71. The van der Waals surface area contributed by atoms with Crippen molar-refractivity contribution in [1.82, 2.24) is 10.1 Å². The molecular formula is C14H19N3O2. The van der Waals surface area contributed by atoms with Crippen LogP contribution in [0.25, 0.3) is 0 Å². The Morgan fingerprint density at radius 1 is 1.42 bits per heavy atom. The predicted octanol–water partition coefficient (Wildman–Crippen LogP) is 2.62. The number of rotatable bonds is 6. The van der Waals surface area contributed by atoms with Gasteiger partial charge in [-0.3, -0.25) is 0 Å². The first-order valence-electron chi connectivity index (χ1n) is 6.49. The van der Waals surface area contributed by atoms with Gasteiger partial charge in [-0.05, 0) is 31.0 Å². The largest absolute Gasteiger partial charge is 0.484 e. The summed E-state index contributed by atoms with van der Waals surface area (Å²) in [6, 6.07) is 7.69. The van der Waals surface area contributed by atoms with Crippen LogP contribution >= 0.6 is 0 Å². The first-order valence-corrected chi connectivity index (χ1v) is 6.49. The van der Waals surface area contributed by atoms with Crippen molar-refractivity contribution < 1.29 is 9.26 Å². The molecule has 2 aromatic rings. The van der Waals surface area contributed by atoms with Crippen LogP contribution in [0.1, 0.15) is 43.6 Å². The predicted molar refractivity (Wildman–Crippen MR) is 71.7 cm³/mol. The molecule has 2 N–H and O–H groups in total. The fraction of sp³-hybridized carbons (Fsp3) is 0.429. The van der Waals surface area contributed by atoms with E-state index in [2.05, 4.69) is 17.1 Å². The maximum Gasteiger partial charge on any atom is 0.264 e. The van der Waals surface area contributed by atoms with E-state index in [1.807, 2.05) is 31.2 Å². The second-order valence-electron chi connectivity index (χ2n) is 4.50. The highest BCUT2D eigenvalue weighted by Crippen LogP contribution is 2.18. The van der Waals surface area contributed by atoms with E-state index < -0.39 is 0 Å². The summed E-state index contributed by atoms with van der Waals surface area (Å²) in [5.41, 5.74) is 6.87. The number of aromatic nitrogens is 2. The van der Waals surface area contributed by atoms with Gasteiger partial charge in [0, 0.05) is 12.5 Å². The summed E-state index contributed by atoms with van der Waals surface area (Å²) in [6.07, 6.45) is 1.82. The molecule has 102 valence electrons. The molecule has 0 aliphatic rings. The van der Waals surface area contributed by atoms with Gasteiger partial charge in [0.05, 0.1) is 0 Å². The molecule has 2 rings (SSSR count). The van der Waals surface area contributed by atoms with E-state index in [0.717, 1.165) is 30.0 Å². The molecule has 0 saturated heterocycles. The van der Waals surface area contributed by atoms with Gasteiger partial charge >= 0.3 is 0 Å². The molecule has 0 spiro atoms. The van der Waals surface area contributed by atoms with Crippen LogP contribution in [-0.4, -0.2) is 10.1 Å². The monoisotopic (exact) mass is 261 g/mol. The van der Waals surface area contributed by atoms with Crippen LogP contribution in [0.5, 0.6) is 5.75 Å². The molecule has 0 saturated carbocycles. The lowest BCUT2D eigenvalue weighted by molar-refractivity contribution is 0.242.